The van der Waals surface area contributed by atoms with Crippen LogP contribution >= 0.6 is 11.6 Å². The summed E-state index contributed by atoms with van der Waals surface area (Å²) in [5, 5.41) is 0.361. The van der Waals surface area contributed by atoms with Crippen LogP contribution in [-0.2, 0) is 14.3 Å². The Morgan fingerprint density at radius 2 is 2.00 bits per heavy atom. The monoisotopic (exact) mass is 371 g/mol. The first-order valence-corrected chi connectivity index (χ1v) is 8.64. The summed E-state index contributed by atoms with van der Waals surface area (Å²) >= 11 is 5.98. The predicted molar refractivity (Wildman–Crippen MR) is 91.9 cm³/mol. The lowest BCUT2D eigenvalue weighted by atomic mass is 10.0. The molecular weight excluding hydrogens is 349 g/mol. The van der Waals surface area contributed by atoms with Gasteiger partial charge in [0.15, 0.2) is 0 Å². The van der Waals surface area contributed by atoms with E-state index in [0.29, 0.717) is 17.9 Å². The van der Waals surface area contributed by atoms with Crippen molar-refractivity contribution >= 4 is 23.7 Å². The van der Waals surface area contributed by atoms with E-state index in [9.17, 15) is 14.0 Å². The van der Waals surface area contributed by atoms with Crippen LogP contribution in [0.1, 0.15) is 52.1 Å². The SMILES string of the molecule is CCOC(=O)[C@H]1CC[C@@H](c2cc(Cl)ccc2F)N1C(=O)OC(C)(C)C. The molecule has 1 saturated heterocycles. The number of ether oxygens (including phenoxy) is 2. The van der Waals surface area contributed by atoms with Gasteiger partial charge in [-0.3, -0.25) is 4.90 Å². The fraction of sp³-hybridized carbons (Fsp3) is 0.556. The highest BCUT2D eigenvalue weighted by Crippen LogP contribution is 2.39. The maximum absolute atomic E-state index is 14.3. The van der Waals surface area contributed by atoms with Crippen molar-refractivity contribution < 1.29 is 23.5 Å². The molecule has 2 rings (SSSR count). The van der Waals surface area contributed by atoms with Crippen LogP contribution in [-0.4, -0.2) is 35.2 Å². The fourth-order valence-corrected chi connectivity index (χ4v) is 3.11. The Morgan fingerprint density at radius 3 is 2.60 bits per heavy atom. The number of esters is 1. The molecule has 0 aromatic heterocycles. The van der Waals surface area contributed by atoms with E-state index in [-0.39, 0.29) is 12.2 Å². The highest BCUT2D eigenvalue weighted by atomic mass is 35.5. The number of nitrogens with zero attached hydrogens (tertiary/aromatic N) is 1. The molecule has 5 nitrogen and oxygen atoms in total. The number of halogens is 2. The number of likely N-dealkylation sites (tertiary alicyclic amines) is 1. The summed E-state index contributed by atoms with van der Waals surface area (Å²) in [4.78, 5) is 26.2. The lowest BCUT2D eigenvalue weighted by Gasteiger charge is -2.32. The van der Waals surface area contributed by atoms with E-state index in [0.717, 1.165) is 0 Å². The van der Waals surface area contributed by atoms with Gasteiger partial charge in [-0.25, -0.2) is 14.0 Å². The summed E-state index contributed by atoms with van der Waals surface area (Å²) in [5.41, 5.74) is -0.471. The fourth-order valence-electron chi connectivity index (χ4n) is 2.93. The van der Waals surface area contributed by atoms with Gasteiger partial charge in [0, 0.05) is 10.6 Å². The minimum Gasteiger partial charge on any atom is -0.464 e. The molecule has 0 saturated carbocycles. The van der Waals surface area contributed by atoms with Gasteiger partial charge in [-0.2, -0.15) is 0 Å². The van der Waals surface area contributed by atoms with Gasteiger partial charge in [0.2, 0.25) is 0 Å². The third-order valence-electron chi connectivity index (χ3n) is 3.87. The van der Waals surface area contributed by atoms with Crippen LogP contribution < -0.4 is 0 Å². The normalized spacial score (nSPS) is 20.5. The molecule has 1 aliphatic heterocycles. The molecule has 2 atom stereocenters. The van der Waals surface area contributed by atoms with Gasteiger partial charge in [0.05, 0.1) is 12.6 Å². The van der Waals surface area contributed by atoms with E-state index in [1.807, 2.05) is 0 Å². The summed E-state index contributed by atoms with van der Waals surface area (Å²) in [7, 11) is 0. The average Bonchev–Trinajstić information content (AvgIpc) is 2.93. The Bertz CT molecular complexity index is 659. The van der Waals surface area contributed by atoms with Crippen LogP contribution in [0.4, 0.5) is 9.18 Å². The van der Waals surface area contributed by atoms with Crippen LogP contribution in [0.3, 0.4) is 0 Å². The van der Waals surface area contributed by atoms with Crippen molar-refractivity contribution in [3.05, 3.63) is 34.6 Å². The predicted octanol–water partition coefficient (Wildman–Crippen LogP) is 4.48. The molecule has 0 bridgehead atoms. The Hall–Kier alpha value is -1.82. The smallest absolute Gasteiger partial charge is 0.411 e. The summed E-state index contributed by atoms with van der Waals surface area (Å²) in [6.07, 6.45) is 0.113. The van der Waals surface area contributed by atoms with Crippen LogP contribution in [0.25, 0.3) is 0 Å². The lowest BCUT2D eigenvalue weighted by molar-refractivity contribution is -0.148. The average molecular weight is 372 g/mol. The highest BCUT2D eigenvalue weighted by molar-refractivity contribution is 6.30. The van der Waals surface area contributed by atoms with Gasteiger partial charge < -0.3 is 9.47 Å². The number of hydrogen-bond donors (Lipinski definition) is 0. The Kier molecular flexibility index (Phi) is 5.93. The number of carbonyl (C=O) groups is 2. The van der Waals surface area contributed by atoms with Gasteiger partial charge in [-0.1, -0.05) is 11.6 Å². The summed E-state index contributed by atoms with van der Waals surface area (Å²) in [6, 6.07) is 2.73. The van der Waals surface area contributed by atoms with Crippen molar-refractivity contribution in [3.8, 4) is 0 Å². The first-order valence-electron chi connectivity index (χ1n) is 8.27. The molecule has 25 heavy (non-hydrogen) atoms. The highest BCUT2D eigenvalue weighted by Gasteiger charge is 2.45. The van der Waals surface area contributed by atoms with Gasteiger partial charge >= 0.3 is 12.1 Å². The molecule has 1 heterocycles. The maximum atomic E-state index is 14.3. The zero-order valence-corrected chi connectivity index (χ0v) is 15.6. The number of carbonyl (C=O) groups excluding carboxylic acids is 2. The Morgan fingerprint density at radius 1 is 1.32 bits per heavy atom. The zero-order chi connectivity index (χ0) is 18.8. The first kappa shape index (κ1) is 19.5. The molecule has 1 aromatic rings. The van der Waals surface area contributed by atoms with E-state index >= 15 is 0 Å². The standard InChI is InChI=1S/C18H23ClFNO4/c1-5-24-16(22)15-9-8-14(12-10-11(19)6-7-13(12)20)21(15)17(23)25-18(2,3)4/h6-7,10,14-15H,5,8-9H2,1-4H3/t14-,15+/m0/s1. The molecule has 0 aliphatic carbocycles. The van der Waals surface area contributed by atoms with Crippen molar-refractivity contribution in [2.45, 2.75) is 58.2 Å². The molecule has 7 heteroatoms. The van der Waals surface area contributed by atoms with E-state index in [2.05, 4.69) is 0 Å². The van der Waals surface area contributed by atoms with Crippen LogP contribution in [0.15, 0.2) is 18.2 Å². The third-order valence-corrected chi connectivity index (χ3v) is 4.10. The minimum absolute atomic E-state index is 0.202. The second-order valence-corrected chi connectivity index (χ2v) is 7.35. The summed E-state index contributed by atoms with van der Waals surface area (Å²) < 4.78 is 24.8. The molecule has 0 N–H and O–H groups in total. The van der Waals surface area contributed by atoms with E-state index in [4.69, 9.17) is 21.1 Å². The molecule has 1 amide bonds. The number of rotatable bonds is 3. The number of benzene rings is 1. The molecule has 0 radical (unpaired) electrons. The largest absolute Gasteiger partial charge is 0.464 e. The van der Waals surface area contributed by atoms with Crippen LogP contribution in [0.5, 0.6) is 0 Å². The second-order valence-electron chi connectivity index (χ2n) is 6.91. The van der Waals surface area contributed by atoms with E-state index in [1.54, 1.807) is 27.7 Å². The topological polar surface area (TPSA) is 55.8 Å². The quantitative estimate of drug-likeness (QED) is 0.735. The zero-order valence-electron chi connectivity index (χ0n) is 14.8. The molecular formula is C18H23ClFNO4. The molecule has 138 valence electrons. The van der Waals surface area contributed by atoms with E-state index in [1.165, 1.54) is 23.1 Å². The number of hydrogen-bond acceptors (Lipinski definition) is 4. The molecule has 0 spiro atoms. The van der Waals surface area contributed by atoms with Crippen LogP contribution in [0, 0.1) is 5.82 Å². The lowest BCUT2D eigenvalue weighted by Crippen LogP contribution is -2.45. The summed E-state index contributed by atoms with van der Waals surface area (Å²) in [5.74, 6) is -0.995. The molecule has 1 aromatic carbocycles. The third kappa shape index (κ3) is 4.63. The van der Waals surface area contributed by atoms with Crippen molar-refractivity contribution in [3.63, 3.8) is 0 Å². The first-order chi connectivity index (χ1) is 11.6. The van der Waals surface area contributed by atoms with Crippen molar-refractivity contribution in [2.75, 3.05) is 6.61 Å². The van der Waals surface area contributed by atoms with Crippen LogP contribution in [0.2, 0.25) is 5.02 Å². The van der Waals surface area contributed by atoms with Crippen molar-refractivity contribution in [2.24, 2.45) is 0 Å². The van der Waals surface area contributed by atoms with Crippen molar-refractivity contribution in [1.29, 1.82) is 0 Å². The molecule has 1 fully saturated rings. The Labute approximate surface area is 152 Å². The second kappa shape index (κ2) is 7.60. The van der Waals surface area contributed by atoms with Gasteiger partial charge in [0.25, 0.3) is 0 Å². The number of amides is 1. The molecule has 1 aliphatic rings. The summed E-state index contributed by atoms with van der Waals surface area (Å²) in [6.45, 7) is 7.09. The van der Waals surface area contributed by atoms with Gasteiger partial charge in [-0.15, -0.1) is 0 Å². The van der Waals surface area contributed by atoms with Gasteiger partial charge in [-0.05, 0) is 58.7 Å². The van der Waals surface area contributed by atoms with Gasteiger partial charge in [0.1, 0.15) is 17.5 Å². The minimum atomic E-state index is -0.807. The van der Waals surface area contributed by atoms with E-state index < -0.39 is 35.6 Å². The Balaban J connectivity index is 2.39. The maximum Gasteiger partial charge on any atom is 0.411 e. The van der Waals surface area contributed by atoms with Crippen molar-refractivity contribution in [1.82, 2.24) is 4.90 Å². The molecule has 0 unspecified atom stereocenters.